The maximum atomic E-state index is 12.0. The van der Waals surface area contributed by atoms with Crippen molar-refractivity contribution >= 4 is 23.3 Å². The summed E-state index contributed by atoms with van der Waals surface area (Å²) in [5.41, 5.74) is 0.984. The van der Waals surface area contributed by atoms with Crippen molar-refractivity contribution in [1.82, 2.24) is 25.6 Å². The van der Waals surface area contributed by atoms with Crippen molar-refractivity contribution in [3.05, 3.63) is 34.5 Å². The summed E-state index contributed by atoms with van der Waals surface area (Å²) < 4.78 is 0. The van der Waals surface area contributed by atoms with Crippen LogP contribution in [0.3, 0.4) is 0 Å². The molecule has 7 nitrogen and oxygen atoms in total. The Hall–Kier alpha value is -2.22. The Balaban J connectivity index is 1.48. The van der Waals surface area contributed by atoms with E-state index in [0.29, 0.717) is 6.54 Å². The van der Waals surface area contributed by atoms with Crippen molar-refractivity contribution in [2.45, 2.75) is 32.4 Å². The Morgan fingerprint density at radius 3 is 3.00 bits per heavy atom. The fourth-order valence-corrected chi connectivity index (χ4v) is 3.32. The van der Waals surface area contributed by atoms with Crippen molar-refractivity contribution in [3.63, 3.8) is 0 Å². The molecule has 0 radical (unpaired) electrons. The third-order valence-corrected chi connectivity index (χ3v) is 4.63. The standard InChI is InChI=1S/C15H20N6OS/c1-11-10-23-13(19-11)8-18-15(22)20-12-4-2-7-21(9-12)14-16-5-3-6-17-14/h3,5-6,10,12H,2,4,7-9H2,1H3,(H2,18,20,22). The first-order chi connectivity index (χ1) is 11.2. The van der Waals surface area contributed by atoms with Gasteiger partial charge in [-0.2, -0.15) is 0 Å². The molecule has 2 aromatic heterocycles. The van der Waals surface area contributed by atoms with Crippen LogP contribution in [0.25, 0.3) is 0 Å². The van der Waals surface area contributed by atoms with Crippen LogP contribution in [0.1, 0.15) is 23.5 Å². The number of nitrogens with one attached hydrogen (secondary N) is 2. The molecule has 1 unspecified atom stereocenters. The van der Waals surface area contributed by atoms with Crippen molar-refractivity contribution in [1.29, 1.82) is 0 Å². The number of hydrogen-bond acceptors (Lipinski definition) is 6. The van der Waals surface area contributed by atoms with Crippen molar-refractivity contribution < 1.29 is 4.79 Å². The smallest absolute Gasteiger partial charge is 0.315 e. The number of nitrogens with zero attached hydrogens (tertiary/aromatic N) is 4. The molecule has 0 aromatic carbocycles. The van der Waals surface area contributed by atoms with Crippen molar-refractivity contribution in [2.75, 3.05) is 18.0 Å². The molecule has 3 heterocycles. The number of amides is 2. The zero-order valence-corrected chi connectivity index (χ0v) is 13.8. The molecule has 2 amide bonds. The highest BCUT2D eigenvalue weighted by atomic mass is 32.1. The van der Waals surface area contributed by atoms with E-state index in [-0.39, 0.29) is 12.1 Å². The topological polar surface area (TPSA) is 83.0 Å². The van der Waals surface area contributed by atoms with Gasteiger partial charge in [0.05, 0.1) is 6.54 Å². The third kappa shape index (κ3) is 4.38. The van der Waals surface area contributed by atoms with E-state index in [0.717, 1.165) is 42.6 Å². The summed E-state index contributed by atoms with van der Waals surface area (Å²) >= 11 is 1.56. The Morgan fingerprint density at radius 2 is 2.26 bits per heavy atom. The zero-order chi connectivity index (χ0) is 16.1. The summed E-state index contributed by atoms with van der Waals surface area (Å²) in [6.07, 6.45) is 5.45. The third-order valence-electron chi connectivity index (χ3n) is 3.66. The molecule has 2 aromatic rings. The van der Waals surface area contributed by atoms with E-state index in [1.54, 1.807) is 29.8 Å². The molecule has 2 N–H and O–H groups in total. The summed E-state index contributed by atoms with van der Waals surface area (Å²) in [6.45, 7) is 4.06. The van der Waals surface area contributed by atoms with Gasteiger partial charge in [-0.3, -0.25) is 0 Å². The molecule has 1 fully saturated rings. The SMILES string of the molecule is Cc1csc(CNC(=O)NC2CCCN(c3ncccn3)C2)n1. The number of carbonyl (C=O) groups is 1. The maximum absolute atomic E-state index is 12.0. The molecule has 0 spiro atoms. The maximum Gasteiger partial charge on any atom is 0.315 e. The first kappa shape index (κ1) is 15.7. The Morgan fingerprint density at radius 1 is 1.43 bits per heavy atom. The van der Waals surface area contributed by atoms with Gasteiger partial charge in [0.1, 0.15) is 5.01 Å². The minimum atomic E-state index is -0.154. The lowest BCUT2D eigenvalue weighted by Gasteiger charge is -2.33. The van der Waals surface area contributed by atoms with Gasteiger partial charge >= 0.3 is 6.03 Å². The number of aryl methyl sites for hydroxylation is 1. The van der Waals surface area contributed by atoms with E-state index in [9.17, 15) is 4.79 Å². The highest BCUT2D eigenvalue weighted by Gasteiger charge is 2.22. The molecular formula is C15H20N6OS. The average molecular weight is 332 g/mol. The first-order valence-electron chi connectivity index (χ1n) is 7.68. The van der Waals surface area contributed by atoms with Crippen molar-refractivity contribution in [3.8, 4) is 0 Å². The molecule has 3 rings (SSSR count). The van der Waals surface area contributed by atoms with Crippen LogP contribution in [0.5, 0.6) is 0 Å². The van der Waals surface area contributed by atoms with Gasteiger partial charge in [-0.05, 0) is 25.8 Å². The Kier molecular flexibility index (Phi) is 5.02. The van der Waals surface area contributed by atoms with Crippen LogP contribution in [0, 0.1) is 6.92 Å². The van der Waals surface area contributed by atoms with Gasteiger partial charge < -0.3 is 15.5 Å². The highest BCUT2D eigenvalue weighted by molar-refractivity contribution is 7.09. The zero-order valence-electron chi connectivity index (χ0n) is 13.0. The summed E-state index contributed by atoms with van der Waals surface area (Å²) in [5.74, 6) is 0.720. The number of thiazole rings is 1. The summed E-state index contributed by atoms with van der Waals surface area (Å²) in [5, 5.41) is 8.78. The average Bonchev–Trinajstić information content (AvgIpc) is 3.00. The van der Waals surface area contributed by atoms with Gasteiger partial charge in [-0.1, -0.05) is 0 Å². The predicted octanol–water partition coefficient (Wildman–Crippen LogP) is 1.71. The van der Waals surface area contributed by atoms with E-state index in [2.05, 4.69) is 30.5 Å². The molecule has 0 saturated carbocycles. The number of rotatable bonds is 4. The molecule has 1 aliphatic rings. The second-order valence-corrected chi connectivity index (χ2v) is 6.49. The van der Waals surface area contributed by atoms with Gasteiger partial charge in [0.2, 0.25) is 5.95 Å². The largest absolute Gasteiger partial charge is 0.339 e. The van der Waals surface area contributed by atoms with Crippen LogP contribution in [0.2, 0.25) is 0 Å². The van der Waals surface area contributed by atoms with E-state index < -0.39 is 0 Å². The molecular weight excluding hydrogens is 312 g/mol. The number of aromatic nitrogens is 3. The molecule has 23 heavy (non-hydrogen) atoms. The van der Waals surface area contributed by atoms with Gasteiger partial charge in [0.15, 0.2) is 0 Å². The molecule has 8 heteroatoms. The summed E-state index contributed by atoms with van der Waals surface area (Å²) in [4.78, 5) is 27.0. The van der Waals surface area contributed by atoms with Gasteiger partial charge in [-0.15, -0.1) is 11.3 Å². The number of piperidine rings is 1. The number of hydrogen-bond donors (Lipinski definition) is 2. The molecule has 1 atom stereocenters. The molecule has 122 valence electrons. The Labute approximate surface area is 139 Å². The normalized spacial score (nSPS) is 17.8. The quantitative estimate of drug-likeness (QED) is 0.890. The fourth-order valence-electron chi connectivity index (χ4n) is 2.61. The van der Waals surface area contributed by atoms with Gasteiger partial charge in [0, 0.05) is 42.6 Å². The highest BCUT2D eigenvalue weighted by Crippen LogP contribution is 2.15. The Bertz CT molecular complexity index is 646. The predicted molar refractivity (Wildman–Crippen MR) is 89.5 cm³/mol. The van der Waals surface area contributed by atoms with E-state index >= 15 is 0 Å². The number of anilines is 1. The lowest BCUT2D eigenvalue weighted by molar-refractivity contribution is 0.234. The van der Waals surface area contributed by atoms with Crippen molar-refractivity contribution in [2.24, 2.45) is 0 Å². The van der Waals surface area contributed by atoms with E-state index in [1.807, 2.05) is 12.3 Å². The molecule has 0 aliphatic carbocycles. The molecule has 1 saturated heterocycles. The van der Waals surface area contributed by atoms with Crippen LogP contribution < -0.4 is 15.5 Å². The second kappa shape index (κ2) is 7.36. The van der Waals surface area contributed by atoms with Crippen LogP contribution >= 0.6 is 11.3 Å². The van der Waals surface area contributed by atoms with E-state index in [1.165, 1.54) is 0 Å². The second-order valence-electron chi connectivity index (χ2n) is 5.54. The monoisotopic (exact) mass is 332 g/mol. The van der Waals surface area contributed by atoms with Crippen LogP contribution in [-0.4, -0.2) is 40.1 Å². The lowest BCUT2D eigenvalue weighted by atomic mass is 10.1. The fraction of sp³-hybridized carbons (Fsp3) is 0.467. The van der Waals surface area contributed by atoms with Crippen LogP contribution in [0.4, 0.5) is 10.7 Å². The van der Waals surface area contributed by atoms with Gasteiger partial charge in [0.25, 0.3) is 0 Å². The first-order valence-corrected chi connectivity index (χ1v) is 8.56. The molecule has 0 bridgehead atoms. The molecule has 1 aliphatic heterocycles. The minimum absolute atomic E-state index is 0.102. The van der Waals surface area contributed by atoms with Crippen LogP contribution in [-0.2, 0) is 6.54 Å². The van der Waals surface area contributed by atoms with Gasteiger partial charge in [-0.25, -0.2) is 19.7 Å². The van der Waals surface area contributed by atoms with Crippen LogP contribution in [0.15, 0.2) is 23.8 Å². The van der Waals surface area contributed by atoms with E-state index in [4.69, 9.17) is 0 Å². The summed E-state index contributed by atoms with van der Waals surface area (Å²) in [6, 6.07) is 1.75. The number of carbonyl (C=O) groups excluding carboxylic acids is 1. The summed E-state index contributed by atoms with van der Waals surface area (Å²) in [7, 11) is 0. The lowest BCUT2D eigenvalue weighted by Crippen LogP contribution is -2.50. The number of urea groups is 1. The minimum Gasteiger partial charge on any atom is -0.339 e.